The maximum atomic E-state index is 12.6. The second kappa shape index (κ2) is 6.61. The molecule has 0 unspecified atom stereocenters. The van der Waals surface area contributed by atoms with Crippen LogP contribution >= 0.6 is 0 Å². The Morgan fingerprint density at radius 1 is 0.741 bits per heavy atom. The third kappa shape index (κ3) is 2.83. The van der Waals surface area contributed by atoms with Gasteiger partial charge in [-0.15, -0.1) is 0 Å². The number of amides is 2. The molecule has 0 aliphatic carbocycles. The first-order valence-electron chi connectivity index (χ1n) is 8.70. The maximum Gasteiger partial charge on any atom is 0.280 e. The minimum atomic E-state index is -0.301. The fraction of sp³-hybridized carbons (Fsp3) is 0.0909. The lowest BCUT2D eigenvalue weighted by Gasteiger charge is -2.28. The largest absolute Gasteiger partial charge is 0.388 e. The topological polar surface area (TPSA) is 52.6 Å². The Kier molecular flexibility index (Phi) is 4.12. The molecule has 27 heavy (non-hydrogen) atoms. The summed E-state index contributed by atoms with van der Waals surface area (Å²) in [4.78, 5) is 25.3. The van der Waals surface area contributed by atoms with Crippen LogP contribution in [0.25, 0.3) is 11.1 Å². The SMILES string of the molecule is CNc1ccc(-c2ccc(N(C)N3C(=O)c4ccccc4C3=O)cc2)cc1. The zero-order valence-electron chi connectivity index (χ0n) is 15.1. The van der Waals surface area contributed by atoms with Gasteiger partial charge in [-0.3, -0.25) is 14.6 Å². The highest BCUT2D eigenvalue weighted by atomic mass is 16.2. The van der Waals surface area contributed by atoms with Gasteiger partial charge in [0, 0.05) is 19.8 Å². The Hall–Kier alpha value is -3.60. The van der Waals surface area contributed by atoms with Crippen molar-refractivity contribution in [1.82, 2.24) is 5.01 Å². The highest BCUT2D eigenvalue weighted by Gasteiger charge is 2.38. The number of fused-ring (bicyclic) bond motifs is 1. The number of imide groups is 1. The summed E-state index contributed by atoms with van der Waals surface area (Å²) in [6.45, 7) is 0. The molecule has 1 aliphatic heterocycles. The number of benzene rings is 3. The predicted octanol–water partition coefficient (Wildman–Crippen LogP) is 4.04. The number of hydrogen-bond donors (Lipinski definition) is 1. The first kappa shape index (κ1) is 16.8. The number of nitrogens with one attached hydrogen (secondary N) is 1. The number of nitrogens with zero attached hydrogens (tertiary/aromatic N) is 2. The van der Waals surface area contributed by atoms with E-state index in [9.17, 15) is 9.59 Å². The van der Waals surface area contributed by atoms with Crippen LogP contribution in [0.1, 0.15) is 20.7 Å². The first-order valence-corrected chi connectivity index (χ1v) is 8.70. The minimum Gasteiger partial charge on any atom is -0.388 e. The molecular formula is C22H19N3O2. The second-order valence-corrected chi connectivity index (χ2v) is 6.37. The standard InChI is InChI=1S/C22H19N3O2/c1-23-17-11-7-15(8-12-17)16-9-13-18(14-10-16)24(2)25-21(26)19-5-3-4-6-20(19)22(25)27/h3-14,23H,1-2H3. The van der Waals surface area contributed by atoms with Crippen molar-refractivity contribution in [2.45, 2.75) is 0 Å². The molecule has 0 saturated carbocycles. The van der Waals surface area contributed by atoms with Gasteiger partial charge in [0.05, 0.1) is 16.8 Å². The summed E-state index contributed by atoms with van der Waals surface area (Å²) in [6.07, 6.45) is 0. The van der Waals surface area contributed by atoms with Gasteiger partial charge in [-0.1, -0.05) is 36.4 Å². The summed E-state index contributed by atoms with van der Waals surface area (Å²) in [6, 6.07) is 22.8. The number of anilines is 2. The molecule has 0 radical (unpaired) electrons. The summed E-state index contributed by atoms with van der Waals surface area (Å²) < 4.78 is 0. The number of hydrogen-bond acceptors (Lipinski definition) is 4. The van der Waals surface area contributed by atoms with Crippen molar-refractivity contribution in [2.24, 2.45) is 0 Å². The highest BCUT2D eigenvalue weighted by molar-refractivity contribution is 6.22. The van der Waals surface area contributed by atoms with Crippen LogP contribution in [0.5, 0.6) is 0 Å². The van der Waals surface area contributed by atoms with Crippen molar-refractivity contribution >= 4 is 23.2 Å². The molecule has 3 aromatic carbocycles. The molecule has 0 atom stereocenters. The number of rotatable bonds is 4. The Labute approximate surface area is 157 Å². The van der Waals surface area contributed by atoms with Crippen LogP contribution in [-0.4, -0.2) is 30.9 Å². The van der Waals surface area contributed by atoms with Crippen LogP contribution in [0.3, 0.4) is 0 Å². The molecule has 2 amide bonds. The molecule has 1 heterocycles. The van der Waals surface area contributed by atoms with E-state index in [1.165, 1.54) is 5.01 Å². The quantitative estimate of drug-likeness (QED) is 0.716. The molecular weight excluding hydrogens is 338 g/mol. The fourth-order valence-electron chi connectivity index (χ4n) is 3.26. The van der Waals surface area contributed by atoms with Crippen molar-refractivity contribution in [3.63, 3.8) is 0 Å². The van der Waals surface area contributed by atoms with Crippen molar-refractivity contribution in [3.8, 4) is 11.1 Å². The van der Waals surface area contributed by atoms with E-state index in [1.54, 1.807) is 36.3 Å². The molecule has 4 rings (SSSR count). The average molecular weight is 357 g/mol. The van der Waals surface area contributed by atoms with Crippen LogP contribution in [0.15, 0.2) is 72.8 Å². The van der Waals surface area contributed by atoms with E-state index in [0.29, 0.717) is 11.1 Å². The molecule has 1 aliphatic rings. The normalized spacial score (nSPS) is 12.9. The van der Waals surface area contributed by atoms with E-state index < -0.39 is 0 Å². The Morgan fingerprint density at radius 3 is 1.70 bits per heavy atom. The highest BCUT2D eigenvalue weighted by Crippen LogP contribution is 2.28. The predicted molar refractivity (Wildman–Crippen MR) is 107 cm³/mol. The van der Waals surface area contributed by atoms with E-state index in [-0.39, 0.29) is 11.8 Å². The first-order chi connectivity index (χ1) is 13.1. The molecule has 0 aromatic heterocycles. The summed E-state index contributed by atoms with van der Waals surface area (Å²) in [5.74, 6) is -0.602. The summed E-state index contributed by atoms with van der Waals surface area (Å²) in [5, 5.41) is 5.88. The van der Waals surface area contributed by atoms with Crippen molar-refractivity contribution < 1.29 is 9.59 Å². The summed E-state index contributed by atoms with van der Waals surface area (Å²) in [5.41, 5.74) is 4.87. The average Bonchev–Trinajstić information content (AvgIpc) is 2.98. The molecule has 134 valence electrons. The number of carbonyl (C=O) groups excluding carboxylic acids is 2. The van der Waals surface area contributed by atoms with Crippen LogP contribution in [-0.2, 0) is 0 Å². The van der Waals surface area contributed by atoms with Crippen LogP contribution < -0.4 is 10.3 Å². The molecule has 0 fully saturated rings. The molecule has 5 heteroatoms. The molecule has 0 bridgehead atoms. The van der Waals surface area contributed by atoms with Gasteiger partial charge in [-0.05, 0) is 47.5 Å². The zero-order valence-corrected chi connectivity index (χ0v) is 15.1. The van der Waals surface area contributed by atoms with Crippen LogP contribution in [0.2, 0.25) is 0 Å². The maximum absolute atomic E-state index is 12.6. The summed E-state index contributed by atoms with van der Waals surface area (Å²) >= 11 is 0. The van der Waals surface area contributed by atoms with E-state index >= 15 is 0 Å². The Balaban J connectivity index is 1.59. The van der Waals surface area contributed by atoms with Gasteiger partial charge in [0.1, 0.15) is 0 Å². The van der Waals surface area contributed by atoms with Gasteiger partial charge >= 0.3 is 0 Å². The second-order valence-electron chi connectivity index (χ2n) is 6.37. The molecule has 5 nitrogen and oxygen atoms in total. The molecule has 1 N–H and O–H groups in total. The van der Waals surface area contributed by atoms with Crippen molar-refractivity contribution in [1.29, 1.82) is 0 Å². The summed E-state index contributed by atoms with van der Waals surface area (Å²) in [7, 11) is 3.61. The zero-order chi connectivity index (χ0) is 19.0. The molecule has 0 spiro atoms. The van der Waals surface area contributed by atoms with Gasteiger partial charge < -0.3 is 5.32 Å². The van der Waals surface area contributed by atoms with E-state index in [1.807, 2.05) is 43.4 Å². The van der Waals surface area contributed by atoms with E-state index in [4.69, 9.17) is 0 Å². The van der Waals surface area contributed by atoms with Gasteiger partial charge in [-0.2, -0.15) is 5.01 Å². The van der Waals surface area contributed by atoms with Gasteiger partial charge in [0.25, 0.3) is 11.8 Å². The van der Waals surface area contributed by atoms with E-state index in [2.05, 4.69) is 17.4 Å². The minimum absolute atomic E-state index is 0.301. The number of carbonyl (C=O) groups is 2. The van der Waals surface area contributed by atoms with Gasteiger partial charge in [0.15, 0.2) is 0 Å². The lowest BCUT2D eigenvalue weighted by Crippen LogP contribution is -2.44. The lowest BCUT2D eigenvalue weighted by atomic mass is 10.1. The molecule has 0 saturated heterocycles. The number of hydrazine groups is 1. The Bertz CT molecular complexity index is 975. The fourth-order valence-corrected chi connectivity index (χ4v) is 3.26. The third-order valence-corrected chi connectivity index (χ3v) is 4.82. The monoisotopic (exact) mass is 357 g/mol. The molecule has 3 aromatic rings. The van der Waals surface area contributed by atoms with Crippen LogP contribution in [0, 0.1) is 0 Å². The van der Waals surface area contributed by atoms with Crippen molar-refractivity contribution in [2.75, 3.05) is 24.4 Å². The van der Waals surface area contributed by atoms with E-state index in [0.717, 1.165) is 22.5 Å². The van der Waals surface area contributed by atoms with Crippen molar-refractivity contribution in [3.05, 3.63) is 83.9 Å². The van der Waals surface area contributed by atoms with Gasteiger partial charge in [-0.25, -0.2) is 0 Å². The smallest absolute Gasteiger partial charge is 0.280 e. The lowest BCUT2D eigenvalue weighted by molar-refractivity contribution is 0.0644. The Morgan fingerprint density at radius 2 is 1.22 bits per heavy atom. The van der Waals surface area contributed by atoms with Gasteiger partial charge in [0.2, 0.25) is 0 Å². The third-order valence-electron chi connectivity index (χ3n) is 4.82. The van der Waals surface area contributed by atoms with Crippen LogP contribution in [0.4, 0.5) is 11.4 Å².